The van der Waals surface area contributed by atoms with Gasteiger partial charge in [0.25, 0.3) is 6.23 Å². The van der Waals surface area contributed by atoms with Crippen LogP contribution in [-0.2, 0) is 9.59 Å². The van der Waals surface area contributed by atoms with Crippen LogP contribution in [0.2, 0.25) is 0 Å². The fourth-order valence-corrected chi connectivity index (χ4v) is 1.04. The van der Waals surface area contributed by atoms with Crippen LogP contribution in [-0.4, -0.2) is 29.3 Å². The van der Waals surface area contributed by atoms with Gasteiger partial charge in [-0.25, -0.2) is 4.79 Å². The minimum atomic E-state index is -1.45. The standard InChI is InChI=1S/C11H14N2O4/c1-7(12)9(14)13-10(11(15)16)17-8-5-3-2-4-6-8/h2-7,10H,12H2,1H3,(H,13,14)(H,15,16). The van der Waals surface area contributed by atoms with E-state index in [1.807, 2.05) is 0 Å². The number of carbonyl (C=O) groups is 2. The predicted molar refractivity (Wildman–Crippen MR) is 60.3 cm³/mol. The molecule has 6 nitrogen and oxygen atoms in total. The summed E-state index contributed by atoms with van der Waals surface area (Å²) >= 11 is 0. The minimum Gasteiger partial charge on any atom is -0.477 e. The Morgan fingerprint density at radius 3 is 2.41 bits per heavy atom. The van der Waals surface area contributed by atoms with Gasteiger partial charge in [-0.3, -0.25) is 4.79 Å². The van der Waals surface area contributed by atoms with Gasteiger partial charge < -0.3 is 20.9 Å². The van der Waals surface area contributed by atoms with Gasteiger partial charge in [0.15, 0.2) is 0 Å². The number of hydrogen-bond donors (Lipinski definition) is 3. The molecule has 2 unspecified atom stereocenters. The third kappa shape index (κ3) is 4.12. The van der Waals surface area contributed by atoms with Crippen molar-refractivity contribution in [2.24, 2.45) is 5.73 Å². The van der Waals surface area contributed by atoms with Crippen LogP contribution in [0.15, 0.2) is 30.3 Å². The molecular weight excluding hydrogens is 224 g/mol. The number of aliphatic carboxylic acids is 1. The van der Waals surface area contributed by atoms with E-state index >= 15 is 0 Å². The number of benzene rings is 1. The number of carbonyl (C=O) groups excluding carboxylic acids is 1. The maximum Gasteiger partial charge on any atom is 0.366 e. The zero-order chi connectivity index (χ0) is 12.8. The molecule has 0 heterocycles. The largest absolute Gasteiger partial charge is 0.477 e. The molecule has 0 aliphatic rings. The number of carboxylic acid groups (broad SMARTS) is 1. The lowest BCUT2D eigenvalue weighted by Crippen LogP contribution is -2.50. The van der Waals surface area contributed by atoms with Gasteiger partial charge in [-0.1, -0.05) is 18.2 Å². The molecular formula is C11H14N2O4. The predicted octanol–water partition coefficient (Wildman–Crippen LogP) is -0.0605. The van der Waals surface area contributed by atoms with Gasteiger partial charge in [-0.05, 0) is 19.1 Å². The van der Waals surface area contributed by atoms with E-state index in [0.29, 0.717) is 5.75 Å². The summed E-state index contributed by atoms with van der Waals surface area (Å²) in [4.78, 5) is 22.1. The first-order valence-electron chi connectivity index (χ1n) is 5.01. The minimum absolute atomic E-state index is 0.352. The van der Waals surface area contributed by atoms with E-state index in [9.17, 15) is 9.59 Å². The summed E-state index contributed by atoms with van der Waals surface area (Å²) in [7, 11) is 0. The van der Waals surface area contributed by atoms with Gasteiger partial charge in [0.2, 0.25) is 5.91 Å². The van der Waals surface area contributed by atoms with Crippen LogP contribution in [0.3, 0.4) is 0 Å². The monoisotopic (exact) mass is 238 g/mol. The van der Waals surface area contributed by atoms with Gasteiger partial charge >= 0.3 is 5.97 Å². The van der Waals surface area contributed by atoms with Crippen molar-refractivity contribution >= 4 is 11.9 Å². The Morgan fingerprint density at radius 1 is 1.35 bits per heavy atom. The summed E-state index contributed by atoms with van der Waals surface area (Å²) < 4.78 is 5.11. The average molecular weight is 238 g/mol. The van der Waals surface area contributed by atoms with Crippen molar-refractivity contribution < 1.29 is 19.4 Å². The zero-order valence-corrected chi connectivity index (χ0v) is 9.29. The van der Waals surface area contributed by atoms with Crippen molar-refractivity contribution in [1.29, 1.82) is 0 Å². The van der Waals surface area contributed by atoms with Crippen LogP contribution in [0, 0.1) is 0 Å². The molecule has 0 fully saturated rings. The van der Waals surface area contributed by atoms with Gasteiger partial charge in [0.1, 0.15) is 5.75 Å². The molecule has 0 saturated heterocycles. The van der Waals surface area contributed by atoms with Crippen molar-refractivity contribution in [2.45, 2.75) is 19.2 Å². The second kappa shape index (κ2) is 5.86. The number of rotatable bonds is 5. The molecule has 92 valence electrons. The van der Waals surface area contributed by atoms with Crippen molar-refractivity contribution in [1.82, 2.24) is 5.32 Å². The van der Waals surface area contributed by atoms with E-state index in [-0.39, 0.29) is 0 Å². The maximum absolute atomic E-state index is 11.3. The topological polar surface area (TPSA) is 102 Å². The summed E-state index contributed by atoms with van der Waals surface area (Å²) in [5, 5.41) is 11.1. The molecule has 1 aromatic carbocycles. The highest BCUT2D eigenvalue weighted by molar-refractivity contribution is 5.85. The average Bonchev–Trinajstić information content (AvgIpc) is 2.29. The first-order chi connectivity index (χ1) is 8.00. The number of nitrogens with two attached hydrogens (primary N) is 1. The van der Waals surface area contributed by atoms with Gasteiger partial charge in [0, 0.05) is 0 Å². The molecule has 1 rings (SSSR count). The lowest BCUT2D eigenvalue weighted by atomic mass is 10.3. The van der Waals surface area contributed by atoms with E-state index in [2.05, 4.69) is 5.32 Å². The molecule has 1 amide bonds. The van der Waals surface area contributed by atoms with E-state index in [4.69, 9.17) is 15.6 Å². The van der Waals surface area contributed by atoms with Crippen molar-refractivity contribution in [3.63, 3.8) is 0 Å². The molecule has 6 heteroatoms. The molecule has 2 atom stereocenters. The second-order valence-corrected chi connectivity index (χ2v) is 3.45. The fourth-order valence-electron chi connectivity index (χ4n) is 1.04. The fraction of sp³-hybridized carbons (Fsp3) is 0.273. The first-order valence-corrected chi connectivity index (χ1v) is 5.01. The van der Waals surface area contributed by atoms with Crippen molar-refractivity contribution in [3.05, 3.63) is 30.3 Å². The molecule has 1 aromatic rings. The Kier molecular flexibility index (Phi) is 4.47. The summed E-state index contributed by atoms with van der Waals surface area (Å²) in [5.74, 6) is -1.53. The molecule has 0 aromatic heterocycles. The molecule has 17 heavy (non-hydrogen) atoms. The van der Waals surface area contributed by atoms with Crippen LogP contribution in [0.4, 0.5) is 0 Å². The first kappa shape index (κ1) is 13.0. The lowest BCUT2D eigenvalue weighted by Gasteiger charge is -2.17. The van der Waals surface area contributed by atoms with Crippen LogP contribution < -0.4 is 15.8 Å². The molecule has 4 N–H and O–H groups in total. The number of hydrogen-bond acceptors (Lipinski definition) is 4. The van der Waals surface area contributed by atoms with Crippen LogP contribution >= 0.6 is 0 Å². The number of para-hydroxylation sites is 1. The molecule has 0 radical (unpaired) electrons. The molecule has 0 aliphatic carbocycles. The van der Waals surface area contributed by atoms with E-state index in [1.54, 1.807) is 30.3 Å². The van der Waals surface area contributed by atoms with Gasteiger partial charge in [-0.15, -0.1) is 0 Å². The maximum atomic E-state index is 11.3. The second-order valence-electron chi connectivity index (χ2n) is 3.45. The smallest absolute Gasteiger partial charge is 0.366 e. The molecule has 0 aliphatic heterocycles. The third-order valence-electron chi connectivity index (χ3n) is 1.91. The number of ether oxygens (including phenoxy) is 1. The van der Waals surface area contributed by atoms with Gasteiger partial charge in [0.05, 0.1) is 6.04 Å². The Bertz CT molecular complexity index is 392. The van der Waals surface area contributed by atoms with Crippen molar-refractivity contribution in [2.75, 3.05) is 0 Å². The van der Waals surface area contributed by atoms with E-state index in [1.165, 1.54) is 6.92 Å². The zero-order valence-electron chi connectivity index (χ0n) is 9.29. The highest BCUT2D eigenvalue weighted by Crippen LogP contribution is 2.10. The van der Waals surface area contributed by atoms with E-state index in [0.717, 1.165) is 0 Å². The summed E-state index contributed by atoms with van der Waals surface area (Å²) in [5.41, 5.74) is 5.32. The quantitative estimate of drug-likeness (QED) is 0.624. The van der Waals surface area contributed by atoms with Gasteiger partial charge in [-0.2, -0.15) is 0 Å². The lowest BCUT2D eigenvalue weighted by molar-refractivity contribution is -0.149. The highest BCUT2D eigenvalue weighted by atomic mass is 16.5. The number of amides is 1. The molecule has 0 bridgehead atoms. The summed E-state index contributed by atoms with van der Waals surface area (Å²) in [6.45, 7) is 1.46. The Hall–Kier alpha value is -2.08. The third-order valence-corrected chi connectivity index (χ3v) is 1.91. The Balaban J connectivity index is 2.68. The van der Waals surface area contributed by atoms with Crippen LogP contribution in [0.25, 0.3) is 0 Å². The summed E-state index contributed by atoms with van der Waals surface area (Å²) in [6.07, 6.45) is -1.45. The molecule has 0 saturated carbocycles. The number of nitrogens with one attached hydrogen (secondary N) is 1. The number of carboxylic acids is 1. The Labute approximate surface area is 98.4 Å². The summed E-state index contributed by atoms with van der Waals surface area (Å²) in [6, 6.07) is 7.55. The normalized spacial score (nSPS) is 13.5. The highest BCUT2D eigenvalue weighted by Gasteiger charge is 2.23. The Morgan fingerprint density at radius 2 is 1.94 bits per heavy atom. The SMILES string of the molecule is CC(N)C(=O)NC(Oc1ccccc1)C(=O)O. The van der Waals surface area contributed by atoms with Crippen LogP contribution in [0.1, 0.15) is 6.92 Å². The molecule has 0 spiro atoms. The van der Waals surface area contributed by atoms with Crippen molar-refractivity contribution in [3.8, 4) is 5.75 Å². The van der Waals surface area contributed by atoms with Crippen LogP contribution in [0.5, 0.6) is 5.75 Å². The van der Waals surface area contributed by atoms with E-state index < -0.39 is 24.1 Å².